The van der Waals surface area contributed by atoms with E-state index in [4.69, 9.17) is 0 Å². The number of hydrogen-bond acceptors (Lipinski definition) is 1. The lowest BCUT2D eigenvalue weighted by atomic mass is 10.2. The molecule has 0 unspecified atom stereocenters. The molecule has 1 rings (SSSR count). The van der Waals surface area contributed by atoms with Crippen molar-refractivity contribution >= 4 is 32.8 Å². The van der Waals surface area contributed by atoms with Crippen molar-refractivity contribution in [1.29, 1.82) is 0 Å². The Morgan fingerprint density at radius 2 is 2.00 bits per heavy atom. The molecule has 0 spiro atoms. The van der Waals surface area contributed by atoms with Gasteiger partial charge in [-0.3, -0.25) is 4.99 Å². The van der Waals surface area contributed by atoms with Gasteiger partial charge in [-0.2, -0.15) is 0 Å². The van der Waals surface area contributed by atoms with Crippen LogP contribution in [0, 0.1) is 0 Å². The first-order valence-corrected chi connectivity index (χ1v) is 3.95. The molecule has 0 aromatic heterocycles. The summed E-state index contributed by atoms with van der Waals surface area (Å²) in [6.07, 6.45) is 0. The van der Waals surface area contributed by atoms with Gasteiger partial charge in [0.2, 0.25) is 0 Å². The van der Waals surface area contributed by atoms with E-state index in [1.54, 1.807) is 0 Å². The highest BCUT2D eigenvalue weighted by Gasteiger charge is 1.98. The molecule has 0 atom stereocenters. The monoisotopic (exact) mass is 209 g/mol. The van der Waals surface area contributed by atoms with E-state index in [0.717, 1.165) is 15.7 Å². The van der Waals surface area contributed by atoms with Crippen molar-refractivity contribution in [3.8, 4) is 0 Å². The van der Waals surface area contributed by atoms with Crippen molar-refractivity contribution in [2.45, 2.75) is 0 Å². The molecule has 0 bridgehead atoms. The molecule has 0 aliphatic rings. The molecule has 0 saturated carbocycles. The summed E-state index contributed by atoms with van der Waals surface area (Å²) in [7, 11) is 0. The van der Waals surface area contributed by atoms with Crippen LogP contribution in [0.2, 0.25) is 0 Å². The first-order valence-electron chi connectivity index (χ1n) is 3.16. The van der Waals surface area contributed by atoms with E-state index in [1.165, 1.54) is 0 Å². The van der Waals surface area contributed by atoms with Gasteiger partial charge in [0.15, 0.2) is 0 Å². The normalized spacial score (nSPS) is 9.18. The first-order chi connectivity index (χ1) is 5.25. The fourth-order valence-electron chi connectivity index (χ4n) is 0.841. The van der Waals surface area contributed by atoms with E-state index in [-0.39, 0.29) is 0 Å². The minimum absolute atomic E-state index is 0.834. The second-order valence-corrected chi connectivity index (χ2v) is 3.04. The van der Waals surface area contributed by atoms with Gasteiger partial charge in [-0.15, -0.1) is 0 Å². The van der Waals surface area contributed by atoms with Gasteiger partial charge in [0.25, 0.3) is 0 Å². The van der Waals surface area contributed by atoms with Gasteiger partial charge in [0.1, 0.15) is 0 Å². The van der Waals surface area contributed by atoms with Crippen molar-refractivity contribution < 1.29 is 0 Å². The summed E-state index contributed by atoms with van der Waals surface area (Å²) < 4.78 is 0.834. The van der Waals surface area contributed by atoms with Gasteiger partial charge in [-0.1, -0.05) is 40.7 Å². The van der Waals surface area contributed by atoms with Gasteiger partial charge in [0.05, 0.1) is 5.69 Å². The maximum Gasteiger partial charge on any atom is 0.0705 e. The van der Waals surface area contributed by atoms with Gasteiger partial charge in [0, 0.05) is 10.0 Å². The number of hydrogen-bond donors (Lipinski definition) is 0. The molecule has 0 radical (unpaired) electrons. The topological polar surface area (TPSA) is 12.4 Å². The Balaban J connectivity index is 3.22. The lowest BCUT2D eigenvalue weighted by molar-refractivity contribution is 1.52. The average molecular weight is 210 g/mol. The number of rotatable bonds is 2. The number of nitrogens with zero attached hydrogens (tertiary/aromatic N) is 1. The maximum atomic E-state index is 3.85. The standard InChI is InChI=1S/C9H8BrN/c1-7(10)8-5-3-4-6-9(8)11-2/h3-6H,1-2H2. The number of halogens is 1. The number of para-hydroxylation sites is 1. The summed E-state index contributed by atoms with van der Waals surface area (Å²) in [5, 5.41) is 0. The highest BCUT2D eigenvalue weighted by atomic mass is 79.9. The summed E-state index contributed by atoms with van der Waals surface area (Å²) in [5.41, 5.74) is 1.84. The van der Waals surface area contributed by atoms with Crippen LogP contribution in [-0.4, -0.2) is 6.72 Å². The van der Waals surface area contributed by atoms with Gasteiger partial charge in [-0.25, -0.2) is 0 Å². The van der Waals surface area contributed by atoms with Crippen LogP contribution < -0.4 is 0 Å². The zero-order valence-electron chi connectivity index (χ0n) is 6.05. The van der Waals surface area contributed by atoms with Crippen LogP contribution in [0.15, 0.2) is 35.8 Å². The lowest BCUT2D eigenvalue weighted by Crippen LogP contribution is -1.74. The molecular weight excluding hydrogens is 202 g/mol. The van der Waals surface area contributed by atoms with Crippen LogP contribution in [0.1, 0.15) is 5.56 Å². The van der Waals surface area contributed by atoms with Crippen LogP contribution in [0.5, 0.6) is 0 Å². The Morgan fingerprint density at radius 3 is 2.45 bits per heavy atom. The highest BCUT2D eigenvalue weighted by Crippen LogP contribution is 2.27. The Hall–Kier alpha value is -0.890. The fourth-order valence-corrected chi connectivity index (χ4v) is 1.18. The third-order valence-corrected chi connectivity index (χ3v) is 1.79. The zero-order chi connectivity index (χ0) is 8.27. The van der Waals surface area contributed by atoms with Crippen LogP contribution in [0.3, 0.4) is 0 Å². The molecule has 0 N–H and O–H groups in total. The molecule has 0 fully saturated rings. The smallest absolute Gasteiger partial charge is 0.0705 e. The second-order valence-electron chi connectivity index (χ2n) is 2.08. The Kier molecular flexibility index (Phi) is 2.60. The fraction of sp³-hybridized carbons (Fsp3) is 0. The van der Waals surface area contributed by atoms with Crippen molar-refractivity contribution in [3.05, 3.63) is 36.4 Å². The van der Waals surface area contributed by atoms with Gasteiger partial charge in [-0.05, 0) is 12.8 Å². The molecule has 56 valence electrons. The van der Waals surface area contributed by atoms with E-state index < -0.39 is 0 Å². The lowest BCUT2D eigenvalue weighted by Gasteiger charge is -2.00. The quantitative estimate of drug-likeness (QED) is 0.663. The first kappa shape index (κ1) is 8.21. The molecule has 0 saturated heterocycles. The van der Waals surface area contributed by atoms with Gasteiger partial charge < -0.3 is 0 Å². The van der Waals surface area contributed by atoms with E-state index >= 15 is 0 Å². The third kappa shape index (κ3) is 1.77. The SMILES string of the molecule is C=Nc1ccccc1C(=C)Br. The summed E-state index contributed by atoms with van der Waals surface area (Å²) in [5.74, 6) is 0. The van der Waals surface area contributed by atoms with E-state index in [9.17, 15) is 0 Å². The minimum Gasteiger partial charge on any atom is -0.264 e. The zero-order valence-corrected chi connectivity index (χ0v) is 7.63. The Labute approximate surface area is 74.6 Å². The average Bonchev–Trinajstić information content (AvgIpc) is 2.04. The van der Waals surface area contributed by atoms with Crippen LogP contribution in [-0.2, 0) is 0 Å². The summed E-state index contributed by atoms with van der Waals surface area (Å²) in [4.78, 5) is 3.85. The van der Waals surface area contributed by atoms with Crippen molar-refractivity contribution in [3.63, 3.8) is 0 Å². The second kappa shape index (κ2) is 3.49. The molecule has 0 aliphatic carbocycles. The maximum absolute atomic E-state index is 3.85. The predicted molar refractivity (Wildman–Crippen MR) is 53.6 cm³/mol. The van der Waals surface area contributed by atoms with E-state index in [2.05, 4.69) is 34.2 Å². The van der Waals surface area contributed by atoms with Gasteiger partial charge >= 0.3 is 0 Å². The molecular formula is C9H8BrN. The van der Waals surface area contributed by atoms with Crippen molar-refractivity contribution in [2.75, 3.05) is 0 Å². The molecule has 1 aromatic carbocycles. The highest BCUT2D eigenvalue weighted by molar-refractivity contribution is 9.15. The minimum atomic E-state index is 0.834. The predicted octanol–water partition coefficient (Wildman–Crippen LogP) is 3.38. The molecule has 0 aliphatic heterocycles. The number of aliphatic imine (C=N–C) groups is 1. The molecule has 1 aromatic rings. The van der Waals surface area contributed by atoms with E-state index in [0.29, 0.717) is 0 Å². The van der Waals surface area contributed by atoms with Crippen molar-refractivity contribution in [1.82, 2.24) is 0 Å². The summed E-state index contributed by atoms with van der Waals surface area (Å²) >= 11 is 3.29. The Morgan fingerprint density at radius 1 is 1.36 bits per heavy atom. The summed E-state index contributed by atoms with van der Waals surface area (Å²) in [6, 6.07) is 7.70. The number of benzene rings is 1. The van der Waals surface area contributed by atoms with Crippen LogP contribution in [0.4, 0.5) is 5.69 Å². The van der Waals surface area contributed by atoms with Crippen molar-refractivity contribution in [2.24, 2.45) is 4.99 Å². The Bertz CT molecular complexity index is 291. The molecule has 11 heavy (non-hydrogen) atoms. The molecule has 1 nitrogen and oxygen atoms in total. The third-order valence-electron chi connectivity index (χ3n) is 1.37. The van der Waals surface area contributed by atoms with Crippen LogP contribution in [0.25, 0.3) is 4.48 Å². The molecule has 0 amide bonds. The van der Waals surface area contributed by atoms with E-state index in [1.807, 2.05) is 24.3 Å². The molecule has 0 heterocycles. The largest absolute Gasteiger partial charge is 0.264 e. The summed E-state index contributed by atoms with van der Waals surface area (Å²) in [6.45, 7) is 7.22. The van der Waals surface area contributed by atoms with Crippen LogP contribution >= 0.6 is 15.9 Å². The molecule has 2 heteroatoms.